The smallest absolute Gasteiger partial charge is 0.259 e. The lowest BCUT2D eigenvalue weighted by Crippen LogP contribution is -2.22. The largest absolute Gasteiger partial charge is 0.350 e. The van der Waals surface area contributed by atoms with Crippen molar-refractivity contribution in [2.24, 2.45) is 7.05 Å². The predicted octanol–water partition coefficient (Wildman–Crippen LogP) is 3.61. The van der Waals surface area contributed by atoms with E-state index in [2.05, 4.69) is 11.4 Å². The van der Waals surface area contributed by atoms with E-state index >= 15 is 0 Å². The van der Waals surface area contributed by atoms with E-state index in [1.807, 2.05) is 77.1 Å². The van der Waals surface area contributed by atoms with Crippen molar-refractivity contribution >= 4 is 44.8 Å². The molecule has 1 aliphatic rings. The number of amides is 2. The molecule has 2 aromatic heterocycles. The van der Waals surface area contributed by atoms with Crippen molar-refractivity contribution in [3.05, 3.63) is 72.1 Å². The summed E-state index contributed by atoms with van der Waals surface area (Å²) in [6.07, 6.45) is 4.13. The maximum Gasteiger partial charge on any atom is 0.259 e. The van der Waals surface area contributed by atoms with Gasteiger partial charge in [0.15, 0.2) is 0 Å². The maximum absolute atomic E-state index is 12.9. The van der Waals surface area contributed by atoms with Gasteiger partial charge in [-0.25, -0.2) is 0 Å². The number of fused-ring (bicyclic) bond motifs is 2. The fourth-order valence-electron chi connectivity index (χ4n) is 4.31. The van der Waals surface area contributed by atoms with Gasteiger partial charge in [0.1, 0.15) is 0 Å². The Morgan fingerprint density at radius 3 is 2.10 bits per heavy atom. The highest BCUT2D eigenvalue weighted by Crippen LogP contribution is 2.38. The van der Waals surface area contributed by atoms with Gasteiger partial charge in [-0.1, -0.05) is 36.4 Å². The summed E-state index contributed by atoms with van der Waals surface area (Å²) in [6.45, 7) is 0.517. The van der Waals surface area contributed by atoms with Crippen LogP contribution in [0.2, 0.25) is 0 Å². The summed E-state index contributed by atoms with van der Waals surface area (Å²) in [4.78, 5) is 25.8. The SMILES string of the molecule is Cn1cc(C2=C(c3cn(CCC#N)c4ccccc34)C(=O)NC2=O)c2ccccc21. The van der Waals surface area contributed by atoms with Crippen molar-refractivity contribution in [3.63, 3.8) is 0 Å². The zero-order chi connectivity index (χ0) is 20.8. The van der Waals surface area contributed by atoms with Crippen molar-refractivity contribution in [1.29, 1.82) is 5.26 Å². The number of nitriles is 1. The first-order valence-electron chi connectivity index (χ1n) is 9.69. The molecule has 1 aliphatic heterocycles. The molecule has 1 N–H and O–H groups in total. The van der Waals surface area contributed by atoms with Crippen molar-refractivity contribution < 1.29 is 9.59 Å². The Bertz CT molecular complexity index is 1430. The molecule has 5 rings (SSSR count). The molecule has 3 heterocycles. The van der Waals surface area contributed by atoms with Crippen LogP contribution in [0.3, 0.4) is 0 Å². The van der Waals surface area contributed by atoms with Gasteiger partial charge in [0, 0.05) is 58.9 Å². The summed E-state index contributed by atoms with van der Waals surface area (Å²) in [5.41, 5.74) is 4.13. The van der Waals surface area contributed by atoms with E-state index in [4.69, 9.17) is 5.26 Å². The van der Waals surface area contributed by atoms with Gasteiger partial charge in [0.25, 0.3) is 11.8 Å². The van der Waals surface area contributed by atoms with Crippen LogP contribution >= 0.6 is 0 Å². The number of aromatic nitrogens is 2. The van der Waals surface area contributed by atoms with Gasteiger partial charge in [-0.2, -0.15) is 5.26 Å². The minimum absolute atomic E-state index is 0.360. The molecule has 0 spiro atoms. The first kappa shape index (κ1) is 18.0. The molecule has 0 bridgehead atoms. The van der Waals surface area contributed by atoms with E-state index in [9.17, 15) is 9.59 Å². The number of carbonyl (C=O) groups excluding carboxylic acids is 2. The van der Waals surface area contributed by atoms with E-state index in [-0.39, 0.29) is 5.91 Å². The summed E-state index contributed by atoms with van der Waals surface area (Å²) in [5, 5.41) is 13.3. The van der Waals surface area contributed by atoms with Gasteiger partial charge in [-0.05, 0) is 12.1 Å². The molecule has 6 heteroatoms. The Hall–Kier alpha value is -4.11. The third-order valence-electron chi connectivity index (χ3n) is 5.62. The molecule has 0 saturated heterocycles. The number of carbonyl (C=O) groups is 2. The fraction of sp³-hybridized carbons (Fsp3) is 0.125. The third kappa shape index (κ3) is 2.56. The summed E-state index contributed by atoms with van der Waals surface area (Å²) < 4.78 is 3.93. The summed E-state index contributed by atoms with van der Waals surface area (Å²) in [5.74, 6) is -0.786. The second-order valence-corrected chi connectivity index (χ2v) is 7.37. The Balaban J connectivity index is 1.82. The first-order chi connectivity index (χ1) is 14.6. The van der Waals surface area contributed by atoms with Gasteiger partial charge in [-0.3, -0.25) is 14.9 Å². The Morgan fingerprint density at radius 1 is 0.867 bits per heavy atom. The second-order valence-electron chi connectivity index (χ2n) is 7.37. The van der Waals surface area contributed by atoms with Crippen LogP contribution in [0.1, 0.15) is 17.5 Å². The van der Waals surface area contributed by atoms with Crippen LogP contribution in [0.15, 0.2) is 60.9 Å². The van der Waals surface area contributed by atoms with Gasteiger partial charge in [0.2, 0.25) is 0 Å². The van der Waals surface area contributed by atoms with Crippen LogP contribution in [-0.4, -0.2) is 20.9 Å². The highest BCUT2D eigenvalue weighted by Gasteiger charge is 2.35. The number of aryl methyl sites for hydroxylation is 2. The molecule has 30 heavy (non-hydrogen) atoms. The third-order valence-corrected chi connectivity index (χ3v) is 5.62. The van der Waals surface area contributed by atoms with Gasteiger partial charge in [0.05, 0.1) is 23.6 Å². The molecule has 0 aliphatic carbocycles. The molecule has 146 valence electrons. The lowest BCUT2D eigenvalue weighted by Gasteiger charge is -2.03. The van der Waals surface area contributed by atoms with Gasteiger partial charge in [-0.15, -0.1) is 0 Å². The minimum Gasteiger partial charge on any atom is -0.350 e. The molecule has 2 aromatic carbocycles. The number of rotatable bonds is 4. The predicted molar refractivity (Wildman–Crippen MR) is 115 cm³/mol. The highest BCUT2D eigenvalue weighted by atomic mass is 16.2. The van der Waals surface area contributed by atoms with Gasteiger partial charge < -0.3 is 9.13 Å². The lowest BCUT2D eigenvalue weighted by molar-refractivity contribution is -0.122. The molecule has 0 saturated carbocycles. The van der Waals surface area contributed by atoms with Crippen molar-refractivity contribution in [2.45, 2.75) is 13.0 Å². The standard InChI is InChI=1S/C24H18N4O2/c1-27-13-17(15-7-2-4-9-19(15)27)21-22(24(30)26-23(21)29)18-14-28(12-6-11-25)20-10-5-3-8-16(18)20/h2-5,7-10,13-14H,6,12H2,1H3,(H,26,29,30). The average Bonchev–Trinajstić information content (AvgIpc) is 3.37. The van der Waals surface area contributed by atoms with E-state index in [0.717, 1.165) is 27.4 Å². The first-order valence-corrected chi connectivity index (χ1v) is 9.69. The number of nitrogens with one attached hydrogen (secondary N) is 1. The van der Waals surface area contributed by atoms with Gasteiger partial charge >= 0.3 is 0 Å². The highest BCUT2D eigenvalue weighted by molar-refractivity contribution is 6.50. The number of para-hydroxylation sites is 2. The van der Waals surface area contributed by atoms with Crippen LogP contribution in [0.5, 0.6) is 0 Å². The van der Waals surface area contributed by atoms with Crippen molar-refractivity contribution in [3.8, 4) is 6.07 Å². The maximum atomic E-state index is 12.9. The molecule has 4 aromatic rings. The molecule has 2 amide bonds. The molecule has 0 unspecified atom stereocenters. The van der Waals surface area contributed by atoms with Crippen molar-refractivity contribution in [1.82, 2.24) is 14.5 Å². The molecule has 0 fully saturated rings. The van der Waals surface area contributed by atoms with E-state index in [1.54, 1.807) is 0 Å². The monoisotopic (exact) mass is 394 g/mol. The molecular formula is C24H18N4O2. The average molecular weight is 394 g/mol. The number of hydrogen-bond acceptors (Lipinski definition) is 3. The number of hydrogen-bond donors (Lipinski definition) is 1. The lowest BCUT2D eigenvalue weighted by atomic mass is 9.95. The van der Waals surface area contributed by atoms with E-state index < -0.39 is 5.91 Å². The van der Waals surface area contributed by atoms with Crippen LogP contribution < -0.4 is 5.32 Å². The zero-order valence-corrected chi connectivity index (χ0v) is 16.3. The summed E-state index contributed by atoms with van der Waals surface area (Å²) in [6, 6.07) is 17.7. The Morgan fingerprint density at radius 2 is 1.43 bits per heavy atom. The summed E-state index contributed by atoms with van der Waals surface area (Å²) >= 11 is 0. The number of nitrogens with zero attached hydrogens (tertiary/aromatic N) is 3. The fourth-order valence-corrected chi connectivity index (χ4v) is 4.31. The van der Waals surface area contributed by atoms with Crippen LogP contribution in [-0.2, 0) is 23.2 Å². The minimum atomic E-state index is -0.397. The van der Waals surface area contributed by atoms with Crippen molar-refractivity contribution in [2.75, 3.05) is 0 Å². The molecule has 6 nitrogen and oxygen atoms in total. The molecule has 0 radical (unpaired) electrons. The Labute approximate surface area is 172 Å². The molecular weight excluding hydrogens is 376 g/mol. The van der Waals surface area contributed by atoms with E-state index in [1.165, 1.54) is 0 Å². The van der Waals surface area contributed by atoms with E-state index in [0.29, 0.717) is 29.7 Å². The van der Waals surface area contributed by atoms with Crippen LogP contribution in [0.25, 0.3) is 33.0 Å². The number of imide groups is 1. The van der Waals surface area contributed by atoms with Crippen LogP contribution in [0.4, 0.5) is 0 Å². The zero-order valence-electron chi connectivity index (χ0n) is 16.3. The Kier molecular flexibility index (Phi) is 4.04. The van der Waals surface area contributed by atoms with Crippen LogP contribution in [0, 0.1) is 11.3 Å². The summed E-state index contributed by atoms with van der Waals surface area (Å²) in [7, 11) is 1.93. The molecule has 0 atom stereocenters. The second kappa shape index (κ2) is 6.75. The normalized spacial score (nSPS) is 14.0. The number of benzene rings is 2. The topological polar surface area (TPSA) is 79.8 Å². The quantitative estimate of drug-likeness (QED) is 0.537.